The molecule has 2 amide bonds. The van der Waals surface area contributed by atoms with Crippen LogP contribution >= 0.6 is 0 Å². The molecule has 12 nitrogen and oxygen atoms in total. The third-order valence-corrected chi connectivity index (χ3v) is 6.61. The number of piperazine rings is 1. The standard InChI is InChI=1S/C27H37N5O7/c1-6-7-14-38-22-21(25(35)37-5)28-23-19(15-18(16-32(23)24(22)34)29-10-8-9-11-29)31-13-12-30(17-20(31)33)26(36)39-27(2,3)4/h15-16H,6-14,17H2,1-5H3. The zero-order chi connectivity index (χ0) is 28.3. The van der Waals surface area contributed by atoms with E-state index < -0.39 is 23.2 Å². The average Bonchev–Trinajstić information content (AvgIpc) is 3.43. The van der Waals surface area contributed by atoms with Crippen molar-refractivity contribution < 1.29 is 28.6 Å². The first-order valence-electron chi connectivity index (χ1n) is 13.4. The van der Waals surface area contributed by atoms with Gasteiger partial charge in [-0.25, -0.2) is 14.6 Å². The first kappa shape index (κ1) is 28.2. The van der Waals surface area contributed by atoms with Gasteiger partial charge in [0.2, 0.25) is 11.7 Å². The number of hydrogen-bond acceptors (Lipinski definition) is 9. The number of aromatic nitrogens is 2. The monoisotopic (exact) mass is 543 g/mol. The Morgan fingerprint density at radius 1 is 1.08 bits per heavy atom. The van der Waals surface area contributed by atoms with Crippen molar-refractivity contribution in [3.63, 3.8) is 0 Å². The van der Waals surface area contributed by atoms with E-state index in [1.54, 1.807) is 27.0 Å². The molecule has 0 unspecified atom stereocenters. The van der Waals surface area contributed by atoms with Gasteiger partial charge in [-0.2, -0.15) is 0 Å². The molecular formula is C27H37N5O7. The van der Waals surface area contributed by atoms with Gasteiger partial charge in [0.25, 0.3) is 0 Å². The second kappa shape index (κ2) is 11.5. The molecule has 0 saturated carbocycles. The predicted octanol–water partition coefficient (Wildman–Crippen LogP) is 2.84. The fourth-order valence-electron chi connectivity index (χ4n) is 4.63. The van der Waals surface area contributed by atoms with E-state index in [2.05, 4.69) is 9.88 Å². The van der Waals surface area contributed by atoms with Crippen LogP contribution in [0, 0.1) is 0 Å². The van der Waals surface area contributed by atoms with Crippen LogP contribution in [0.1, 0.15) is 63.9 Å². The lowest BCUT2D eigenvalue weighted by molar-refractivity contribution is -0.121. The number of amides is 2. The lowest BCUT2D eigenvalue weighted by Crippen LogP contribution is -2.53. The summed E-state index contributed by atoms with van der Waals surface area (Å²) in [6.07, 6.45) is 4.67. The Morgan fingerprint density at radius 2 is 1.79 bits per heavy atom. The topological polar surface area (TPSA) is 123 Å². The maximum atomic E-state index is 13.7. The lowest BCUT2D eigenvalue weighted by atomic mass is 10.2. The Kier molecular flexibility index (Phi) is 8.31. The smallest absolute Gasteiger partial charge is 0.410 e. The first-order chi connectivity index (χ1) is 18.5. The summed E-state index contributed by atoms with van der Waals surface area (Å²) in [6, 6.07) is 1.81. The van der Waals surface area contributed by atoms with Gasteiger partial charge in [-0.1, -0.05) is 13.3 Å². The molecule has 39 heavy (non-hydrogen) atoms. The number of methoxy groups -OCH3 is 1. The van der Waals surface area contributed by atoms with E-state index in [4.69, 9.17) is 14.2 Å². The summed E-state index contributed by atoms with van der Waals surface area (Å²) < 4.78 is 17.4. The number of pyridine rings is 1. The molecule has 2 aromatic heterocycles. The molecule has 4 heterocycles. The molecule has 4 rings (SSSR count). The van der Waals surface area contributed by atoms with Crippen molar-refractivity contribution in [1.29, 1.82) is 0 Å². The van der Waals surface area contributed by atoms with Crippen molar-refractivity contribution in [1.82, 2.24) is 14.3 Å². The maximum Gasteiger partial charge on any atom is 0.410 e. The van der Waals surface area contributed by atoms with Crippen molar-refractivity contribution in [3.8, 4) is 5.75 Å². The van der Waals surface area contributed by atoms with E-state index >= 15 is 0 Å². The molecule has 0 aliphatic carbocycles. The molecule has 0 atom stereocenters. The largest absolute Gasteiger partial charge is 0.486 e. The Labute approximate surface area is 227 Å². The molecular weight excluding hydrogens is 506 g/mol. The summed E-state index contributed by atoms with van der Waals surface area (Å²) in [4.78, 5) is 61.9. The van der Waals surface area contributed by atoms with Crippen molar-refractivity contribution in [2.45, 2.75) is 59.0 Å². The van der Waals surface area contributed by atoms with E-state index in [0.29, 0.717) is 12.1 Å². The number of nitrogens with zero attached hydrogens (tertiary/aromatic N) is 5. The Balaban J connectivity index is 1.81. The minimum absolute atomic E-state index is 0.130. The molecule has 2 aliphatic heterocycles. The van der Waals surface area contributed by atoms with Gasteiger partial charge in [-0.05, 0) is 46.1 Å². The number of rotatable bonds is 7. The fourth-order valence-corrected chi connectivity index (χ4v) is 4.63. The van der Waals surface area contributed by atoms with Crippen LogP contribution in [0.3, 0.4) is 0 Å². The molecule has 2 aliphatic rings. The van der Waals surface area contributed by atoms with Crippen LogP contribution in [0.4, 0.5) is 16.2 Å². The minimum atomic E-state index is -0.809. The molecule has 0 N–H and O–H groups in total. The number of carbonyl (C=O) groups excluding carboxylic acids is 3. The third kappa shape index (κ3) is 6.10. The highest BCUT2D eigenvalue weighted by Gasteiger charge is 2.33. The Morgan fingerprint density at radius 3 is 2.41 bits per heavy atom. The van der Waals surface area contributed by atoms with Crippen molar-refractivity contribution in [2.75, 3.05) is 56.2 Å². The van der Waals surface area contributed by atoms with Crippen LogP contribution in [0.15, 0.2) is 17.1 Å². The Bertz CT molecular complexity index is 1310. The van der Waals surface area contributed by atoms with Crippen LogP contribution in [-0.4, -0.2) is 84.3 Å². The summed E-state index contributed by atoms with van der Waals surface area (Å²) in [5, 5.41) is 0. The zero-order valence-electron chi connectivity index (χ0n) is 23.3. The quantitative estimate of drug-likeness (QED) is 0.383. The van der Waals surface area contributed by atoms with E-state index in [9.17, 15) is 19.2 Å². The number of carbonyl (C=O) groups is 3. The first-order valence-corrected chi connectivity index (χ1v) is 13.4. The molecule has 2 aromatic rings. The molecule has 2 fully saturated rings. The molecule has 212 valence electrons. The number of esters is 1. The van der Waals surface area contributed by atoms with Gasteiger partial charge in [-0.15, -0.1) is 0 Å². The van der Waals surface area contributed by atoms with Crippen LogP contribution in [0.2, 0.25) is 0 Å². The lowest BCUT2D eigenvalue weighted by Gasteiger charge is -2.35. The van der Waals surface area contributed by atoms with Gasteiger partial charge < -0.3 is 24.0 Å². The number of ether oxygens (including phenoxy) is 3. The maximum absolute atomic E-state index is 13.7. The molecule has 12 heteroatoms. The highest BCUT2D eigenvalue weighted by Crippen LogP contribution is 2.31. The van der Waals surface area contributed by atoms with E-state index in [1.807, 2.05) is 13.0 Å². The third-order valence-electron chi connectivity index (χ3n) is 6.61. The predicted molar refractivity (Wildman–Crippen MR) is 145 cm³/mol. The van der Waals surface area contributed by atoms with Crippen LogP contribution in [0.5, 0.6) is 5.75 Å². The molecule has 0 radical (unpaired) electrons. The van der Waals surface area contributed by atoms with Gasteiger partial charge >= 0.3 is 17.6 Å². The van der Waals surface area contributed by atoms with E-state index in [-0.39, 0.29) is 49.2 Å². The van der Waals surface area contributed by atoms with Crippen LogP contribution in [0.25, 0.3) is 5.65 Å². The van der Waals surface area contributed by atoms with Crippen LogP contribution in [-0.2, 0) is 14.3 Å². The second-order valence-electron chi connectivity index (χ2n) is 10.7. The average molecular weight is 544 g/mol. The van der Waals surface area contributed by atoms with E-state index in [0.717, 1.165) is 38.0 Å². The van der Waals surface area contributed by atoms with Crippen LogP contribution < -0.4 is 20.1 Å². The second-order valence-corrected chi connectivity index (χ2v) is 10.7. The zero-order valence-corrected chi connectivity index (χ0v) is 23.3. The van der Waals surface area contributed by atoms with Gasteiger partial charge in [0.1, 0.15) is 12.1 Å². The van der Waals surface area contributed by atoms with Gasteiger partial charge in [-0.3, -0.25) is 18.9 Å². The number of unbranched alkanes of at least 4 members (excludes halogenated alkanes) is 1. The highest BCUT2D eigenvalue weighted by atomic mass is 16.6. The summed E-state index contributed by atoms with van der Waals surface area (Å²) in [5.41, 5.74) is -0.233. The Hall–Kier alpha value is -3.83. The number of anilines is 2. The SMILES string of the molecule is CCCCOc1c(C(=O)OC)nc2c(N3CCN(C(=O)OC(C)(C)C)CC3=O)cc(N3CCCC3)cn2c1=O. The van der Waals surface area contributed by atoms with Crippen molar-refractivity contribution in [3.05, 3.63) is 28.3 Å². The van der Waals surface area contributed by atoms with Crippen molar-refractivity contribution in [2.24, 2.45) is 0 Å². The summed E-state index contributed by atoms with van der Waals surface area (Å²) in [7, 11) is 1.21. The van der Waals surface area contributed by atoms with Gasteiger partial charge in [0.15, 0.2) is 11.3 Å². The number of hydrogen-bond donors (Lipinski definition) is 0. The van der Waals surface area contributed by atoms with E-state index in [1.165, 1.54) is 21.3 Å². The molecule has 0 spiro atoms. The summed E-state index contributed by atoms with van der Waals surface area (Å²) >= 11 is 0. The van der Waals surface area contributed by atoms with Gasteiger partial charge in [0.05, 0.1) is 25.1 Å². The summed E-state index contributed by atoms with van der Waals surface area (Å²) in [6.45, 7) is 9.35. The van der Waals surface area contributed by atoms with Crippen molar-refractivity contribution >= 4 is 35.0 Å². The summed E-state index contributed by atoms with van der Waals surface area (Å²) in [5.74, 6) is -1.35. The number of fused-ring (bicyclic) bond motifs is 1. The normalized spacial score (nSPS) is 16.1. The molecule has 0 aromatic carbocycles. The fraction of sp³-hybridized carbons (Fsp3) is 0.593. The highest BCUT2D eigenvalue weighted by molar-refractivity contribution is 6.01. The molecule has 2 saturated heterocycles. The minimum Gasteiger partial charge on any atom is -0.486 e. The van der Waals surface area contributed by atoms with Gasteiger partial charge in [0, 0.05) is 32.4 Å². The molecule has 0 bridgehead atoms.